The zero-order valence-electron chi connectivity index (χ0n) is 12.0. The number of hydrogen-bond donors (Lipinski definition) is 2. The Kier molecular flexibility index (Phi) is 3.21. The number of aliphatic carboxylic acids is 1. The number of methoxy groups -OCH3 is 2. The normalized spacial score (nSPS) is 11.0. The van der Waals surface area contributed by atoms with E-state index in [2.05, 4.69) is 9.97 Å². The predicted octanol–water partition coefficient (Wildman–Crippen LogP) is 1.27. The van der Waals surface area contributed by atoms with Gasteiger partial charge in [0.05, 0.1) is 25.1 Å². The molecule has 0 unspecified atom stereocenters. The number of fused-ring (bicyclic) bond motifs is 3. The molecule has 3 N–H and O–H groups in total. The zero-order valence-corrected chi connectivity index (χ0v) is 12.0. The first-order valence-corrected chi connectivity index (χ1v) is 6.43. The number of nitrogen functional groups attached to an aromatic ring is 1. The average molecular weight is 302 g/mol. The summed E-state index contributed by atoms with van der Waals surface area (Å²) >= 11 is 0. The third kappa shape index (κ3) is 1.96. The Bertz CT molecular complexity index is 888. The molecule has 22 heavy (non-hydrogen) atoms. The Morgan fingerprint density at radius 2 is 2.09 bits per heavy atom. The molecule has 8 heteroatoms. The fraction of sp³-hybridized carbons (Fsp3) is 0.214. The Labute approximate surface area is 125 Å². The highest BCUT2D eigenvalue weighted by molar-refractivity contribution is 6.13. The third-order valence-electron chi connectivity index (χ3n) is 3.45. The van der Waals surface area contributed by atoms with E-state index >= 15 is 0 Å². The Hall–Kier alpha value is -3.03. The van der Waals surface area contributed by atoms with Crippen LogP contribution < -0.4 is 15.2 Å². The van der Waals surface area contributed by atoms with Crippen LogP contribution in [0.3, 0.4) is 0 Å². The molecule has 0 atom stereocenters. The lowest BCUT2D eigenvalue weighted by molar-refractivity contribution is -0.137. The summed E-state index contributed by atoms with van der Waals surface area (Å²) < 4.78 is 12.2. The molecule has 0 aliphatic carbocycles. The van der Waals surface area contributed by atoms with Gasteiger partial charge in [-0.15, -0.1) is 0 Å². The maximum Gasteiger partial charge on any atom is 0.323 e. The summed E-state index contributed by atoms with van der Waals surface area (Å²) in [6.45, 7) is -0.265. The van der Waals surface area contributed by atoms with Crippen LogP contribution in [0.4, 0.5) is 5.82 Å². The monoisotopic (exact) mass is 302 g/mol. The summed E-state index contributed by atoms with van der Waals surface area (Å²) in [5.41, 5.74) is 6.99. The van der Waals surface area contributed by atoms with Gasteiger partial charge in [-0.3, -0.25) is 4.79 Å². The molecule has 0 amide bonds. The van der Waals surface area contributed by atoms with Crippen molar-refractivity contribution in [3.8, 4) is 11.5 Å². The van der Waals surface area contributed by atoms with Crippen molar-refractivity contribution >= 4 is 33.7 Å². The van der Waals surface area contributed by atoms with Gasteiger partial charge in [0, 0.05) is 11.5 Å². The summed E-state index contributed by atoms with van der Waals surface area (Å²) in [5.74, 6) is 0.332. The van der Waals surface area contributed by atoms with Crippen LogP contribution in [0, 0.1) is 0 Å². The Balaban J connectivity index is 2.53. The number of nitrogens with two attached hydrogens (primary N) is 1. The number of benzene rings is 1. The van der Waals surface area contributed by atoms with Gasteiger partial charge in [-0.2, -0.15) is 0 Å². The average Bonchev–Trinajstić information content (AvgIpc) is 2.81. The fourth-order valence-electron chi connectivity index (χ4n) is 2.57. The summed E-state index contributed by atoms with van der Waals surface area (Å²) in [4.78, 5) is 19.4. The first-order valence-electron chi connectivity index (χ1n) is 6.43. The maximum atomic E-state index is 11.2. The van der Waals surface area contributed by atoms with E-state index < -0.39 is 5.97 Å². The van der Waals surface area contributed by atoms with Gasteiger partial charge in [-0.25, -0.2) is 9.97 Å². The number of carboxylic acid groups (broad SMARTS) is 1. The molecule has 0 fully saturated rings. The second-order valence-corrected chi connectivity index (χ2v) is 4.66. The number of nitrogens with zero attached hydrogens (tertiary/aromatic N) is 3. The number of rotatable bonds is 4. The summed E-state index contributed by atoms with van der Waals surface area (Å²) in [7, 11) is 3.04. The van der Waals surface area contributed by atoms with Gasteiger partial charge in [0.2, 0.25) is 0 Å². The molecule has 0 bridgehead atoms. The molecule has 8 nitrogen and oxygen atoms in total. The first-order chi connectivity index (χ1) is 10.6. The number of carboxylic acids is 1. The van der Waals surface area contributed by atoms with Gasteiger partial charge < -0.3 is 24.9 Å². The summed E-state index contributed by atoms with van der Waals surface area (Å²) in [5, 5.41) is 10.4. The molecule has 0 spiro atoms. The topological polar surface area (TPSA) is 112 Å². The molecule has 3 aromatic rings. The number of carbonyl (C=O) groups is 1. The van der Waals surface area contributed by atoms with Crippen molar-refractivity contribution in [1.29, 1.82) is 0 Å². The highest BCUT2D eigenvalue weighted by Gasteiger charge is 2.20. The van der Waals surface area contributed by atoms with Crippen LogP contribution >= 0.6 is 0 Å². The highest BCUT2D eigenvalue weighted by atomic mass is 16.5. The van der Waals surface area contributed by atoms with E-state index in [0.29, 0.717) is 33.4 Å². The summed E-state index contributed by atoms with van der Waals surface area (Å²) in [6, 6.07) is 3.45. The van der Waals surface area contributed by atoms with Crippen molar-refractivity contribution in [3.05, 3.63) is 18.5 Å². The van der Waals surface area contributed by atoms with Crippen molar-refractivity contribution in [2.75, 3.05) is 20.0 Å². The van der Waals surface area contributed by atoms with Crippen molar-refractivity contribution in [2.45, 2.75) is 6.54 Å². The number of anilines is 1. The third-order valence-corrected chi connectivity index (χ3v) is 3.45. The molecule has 3 rings (SSSR count). The van der Waals surface area contributed by atoms with E-state index in [1.54, 1.807) is 16.7 Å². The SMILES string of the molecule is COc1cc(OC)c2c(c1)c1c(N)ncnc1n2CC(=O)O. The van der Waals surface area contributed by atoms with E-state index in [1.165, 1.54) is 20.5 Å². The van der Waals surface area contributed by atoms with Crippen molar-refractivity contribution in [2.24, 2.45) is 0 Å². The predicted molar refractivity (Wildman–Crippen MR) is 80.2 cm³/mol. The Morgan fingerprint density at radius 1 is 1.32 bits per heavy atom. The molecule has 2 heterocycles. The van der Waals surface area contributed by atoms with Crippen LogP contribution in [0.15, 0.2) is 18.5 Å². The lowest BCUT2D eigenvalue weighted by Gasteiger charge is -2.09. The minimum atomic E-state index is -0.992. The number of aromatic nitrogens is 3. The molecular formula is C14H14N4O4. The lowest BCUT2D eigenvalue weighted by Crippen LogP contribution is -2.09. The van der Waals surface area contributed by atoms with Crippen LogP contribution in [0.1, 0.15) is 0 Å². The van der Waals surface area contributed by atoms with Crippen molar-refractivity contribution in [1.82, 2.24) is 14.5 Å². The van der Waals surface area contributed by atoms with Crippen molar-refractivity contribution in [3.63, 3.8) is 0 Å². The molecule has 0 radical (unpaired) electrons. The van der Waals surface area contributed by atoms with Crippen LogP contribution in [-0.2, 0) is 11.3 Å². The Morgan fingerprint density at radius 3 is 2.73 bits per heavy atom. The highest BCUT2D eigenvalue weighted by Crippen LogP contribution is 2.39. The minimum absolute atomic E-state index is 0.265. The molecule has 0 aliphatic rings. The molecule has 2 aromatic heterocycles. The van der Waals surface area contributed by atoms with Crippen LogP contribution in [0.2, 0.25) is 0 Å². The largest absolute Gasteiger partial charge is 0.497 e. The van der Waals surface area contributed by atoms with Gasteiger partial charge in [0.1, 0.15) is 35.8 Å². The van der Waals surface area contributed by atoms with Crippen LogP contribution in [0.25, 0.3) is 21.9 Å². The standard InChI is InChI=1S/C14H14N4O4/c1-21-7-3-8-11-13(15)16-6-17-14(11)18(5-10(19)20)12(8)9(4-7)22-2/h3-4,6H,5H2,1-2H3,(H,19,20)(H2,15,16,17). The van der Waals surface area contributed by atoms with Crippen molar-refractivity contribution < 1.29 is 19.4 Å². The van der Waals surface area contributed by atoms with Gasteiger partial charge in [0.15, 0.2) is 0 Å². The zero-order chi connectivity index (χ0) is 15.9. The van der Waals surface area contributed by atoms with Gasteiger partial charge in [-0.05, 0) is 6.07 Å². The number of ether oxygens (including phenoxy) is 2. The van der Waals surface area contributed by atoms with E-state index in [1.807, 2.05) is 0 Å². The van der Waals surface area contributed by atoms with E-state index in [4.69, 9.17) is 15.2 Å². The summed E-state index contributed by atoms with van der Waals surface area (Å²) in [6.07, 6.45) is 1.30. The van der Waals surface area contributed by atoms with Gasteiger partial charge >= 0.3 is 5.97 Å². The van der Waals surface area contributed by atoms with Gasteiger partial charge in [-0.1, -0.05) is 0 Å². The quantitative estimate of drug-likeness (QED) is 0.746. The van der Waals surface area contributed by atoms with Crippen LogP contribution in [0.5, 0.6) is 11.5 Å². The second kappa shape index (κ2) is 5.06. The number of hydrogen-bond acceptors (Lipinski definition) is 6. The molecule has 0 aliphatic heterocycles. The molecule has 0 saturated carbocycles. The molecule has 1 aromatic carbocycles. The van der Waals surface area contributed by atoms with E-state index in [0.717, 1.165) is 0 Å². The van der Waals surface area contributed by atoms with Gasteiger partial charge in [0.25, 0.3) is 0 Å². The fourth-order valence-corrected chi connectivity index (χ4v) is 2.57. The second-order valence-electron chi connectivity index (χ2n) is 4.66. The molecule has 0 saturated heterocycles. The smallest absolute Gasteiger partial charge is 0.323 e. The lowest BCUT2D eigenvalue weighted by atomic mass is 10.2. The first kappa shape index (κ1) is 13.9. The van der Waals surface area contributed by atoms with E-state index in [9.17, 15) is 9.90 Å². The maximum absolute atomic E-state index is 11.2. The molecular weight excluding hydrogens is 288 g/mol. The van der Waals surface area contributed by atoms with Crippen LogP contribution in [-0.4, -0.2) is 39.8 Å². The van der Waals surface area contributed by atoms with E-state index in [-0.39, 0.29) is 12.4 Å². The minimum Gasteiger partial charge on any atom is -0.497 e. The molecule has 114 valence electrons.